The average molecular weight is 674 g/mol. The van der Waals surface area contributed by atoms with Crippen molar-refractivity contribution >= 4 is 34.9 Å². The molecule has 2 amide bonds. The van der Waals surface area contributed by atoms with Gasteiger partial charge in [0.2, 0.25) is 11.8 Å². The van der Waals surface area contributed by atoms with Gasteiger partial charge < -0.3 is 14.9 Å². The summed E-state index contributed by atoms with van der Waals surface area (Å²) in [5, 5.41) is 20.0. The first kappa shape index (κ1) is 33.2. The molecule has 9 nitrogen and oxygen atoms in total. The number of ketones is 2. The summed E-state index contributed by atoms with van der Waals surface area (Å²) in [6.07, 6.45) is 5.53. The lowest BCUT2D eigenvalue weighted by Gasteiger charge is -2.55. The molecule has 9 heteroatoms. The SMILES string of the molecule is COc1ccc(C2C3=CCC4C(=O)N(CCCCCC(=O)O)C(=O)C4C3CC3C(=O)C(c4ccccc4)=CC(=O)C32c2ccccc2)cc1O. The Hall–Kier alpha value is -5.31. The highest BCUT2D eigenvalue weighted by molar-refractivity contribution is 6.31. The van der Waals surface area contributed by atoms with Crippen molar-refractivity contribution in [3.05, 3.63) is 113 Å². The van der Waals surface area contributed by atoms with Crippen molar-refractivity contribution in [2.24, 2.45) is 23.7 Å². The Morgan fingerprint density at radius 2 is 1.62 bits per heavy atom. The minimum absolute atomic E-state index is 0.0293. The molecule has 3 aliphatic carbocycles. The number of Topliss-reactive ketones (excluding diaryl/α,β-unsaturated/α-hetero) is 1. The van der Waals surface area contributed by atoms with E-state index in [0.717, 1.165) is 5.57 Å². The highest BCUT2D eigenvalue weighted by Crippen LogP contribution is 2.64. The number of phenols is 1. The second kappa shape index (κ2) is 13.2. The number of rotatable bonds is 10. The molecule has 6 atom stereocenters. The molecular weight excluding hydrogens is 634 g/mol. The number of carbonyl (C=O) groups excluding carboxylic acids is 4. The molecule has 0 aromatic heterocycles. The van der Waals surface area contributed by atoms with Crippen LogP contribution in [0.1, 0.15) is 61.1 Å². The fourth-order valence-electron chi connectivity index (χ4n) is 9.14. The van der Waals surface area contributed by atoms with Crippen LogP contribution in [0.3, 0.4) is 0 Å². The predicted molar refractivity (Wildman–Crippen MR) is 184 cm³/mol. The van der Waals surface area contributed by atoms with Crippen LogP contribution in [0.15, 0.2) is 96.6 Å². The maximum Gasteiger partial charge on any atom is 0.303 e. The third-order valence-corrected chi connectivity index (χ3v) is 11.3. The van der Waals surface area contributed by atoms with E-state index < -0.39 is 41.0 Å². The molecule has 6 unspecified atom stereocenters. The van der Waals surface area contributed by atoms with Crippen LogP contribution in [0.5, 0.6) is 11.5 Å². The van der Waals surface area contributed by atoms with E-state index in [9.17, 15) is 24.3 Å². The minimum Gasteiger partial charge on any atom is -0.504 e. The molecule has 0 bridgehead atoms. The fraction of sp³-hybridized carbons (Fsp3) is 0.341. The molecule has 0 radical (unpaired) electrons. The van der Waals surface area contributed by atoms with Crippen LogP contribution in [0, 0.1) is 23.7 Å². The number of nitrogens with zero attached hydrogens (tertiary/aromatic N) is 1. The number of fused-ring (bicyclic) bond motifs is 4. The van der Waals surface area contributed by atoms with Gasteiger partial charge in [-0.15, -0.1) is 0 Å². The number of benzene rings is 3. The summed E-state index contributed by atoms with van der Waals surface area (Å²) in [6.45, 7) is 0.206. The second-order valence-corrected chi connectivity index (χ2v) is 13.8. The number of carbonyl (C=O) groups is 5. The first-order chi connectivity index (χ1) is 24.2. The smallest absolute Gasteiger partial charge is 0.303 e. The zero-order valence-corrected chi connectivity index (χ0v) is 27.8. The normalized spacial score (nSPS) is 27.2. The fourth-order valence-corrected chi connectivity index (χ4v) is 9.14. The zero-order chi connectivity index (χ0) is 35.2. The third kappa shape index (κ3) is 5.27. The van der Waals surface area contributed by atoms with Gasteiger partial charge in [0, 0.05) is 30.4 Å². The van der Waals surface area contributed by atoms with Gasteiger partial charge in [-0.1, -0.05) is 84.8 Å². The summed E-state index contributed by atoms with van der Waals surface area (Å²) in [5.41, 5.74) is 1.66. The number of carboxylic acid groups (broad SMARTS) is 1. The second-order valence-electron chi connectivity index (χ2n) is 13.8. The maximum atomic E-state index is 15.0. The molecule has 7 rings (SSSR count). The summed E-state index contributed by atoms with van der Waals surface area (Å²) in [4.78, 5) is 70.3. The van der Waals surface area contributed by atoms with Crippen molar-refractivity contribution < 1.29 is 38.9 Å². The molecular formula is C41H39NO8. The summed E-state index contributed by atoms with van der Waals surface area (Å²) in [7, 11) is 1.45. The highest BCUT2D eigenvalue weighted by atomic mass is 16.5. The number of likely N-dealkylation sites (tertiary alicyclic amines) is 1. The molecule has 0 spiro atoms. The van der Waals surface area contributed by atoms with Crippen LogP contribution in [-0.2, 0) is 29.4 Å². The molecule has 2 fully saturated rings. The Balaban J connectivity index is 1.38. The van der Waals surface area contributed by atoms with E-state index in [1.54, 1.807) is 18.2 Å². The number of amides is 2. The van der Waals surface area contributed by atoms with E-state index in [2.05, 4.69) is 0 Å². The van der Waals surface area contributed by atoms with Crippen LogP contribution in [0.25, 0.3) is 5.57 Å². The first-order valence-corrected chi connectivity index (χ1v) is 17.2. The Labute approximate surface area is 290 Å². The highest BCUT2D eigenvalue weighted by Gasteiger charge is 2.65. The Morgan fingerprint density at radius 3 is 2.30 bits per heavy atom. The van der Waals surface area contributed by atoms with Gasteiger partial charge in [-0.2, -0.15) is 0 Å². The van der Waals surface area contributed by atoms with Crippen molar-refractivity contribution in [1.29, 1.82) is 0 Å². The van der Waals surface area contributed by atoms with Crippen molar-refractivity contribution in [2.75, 3.05) is 13.7 Å². The zero-order valence-electron chi connectivity index (χ0n) is 27.8. The van der Waals surface area contributed by atoms with E-state index in [1.165, 1.54) is 18.1 Å². The van der Waals surface area contributed by atoms with Crippen LogP contribution in [-0.4, -0.2) is 58.1 Å². The predicted octanol–water partition coefficient (Wildman–Crippen LogP) is 5.87. The van der Waals surface area contributed by atoms with Gasteiger partial charge in [0.05, 0.1) is 24.4 Å². The van der Waals surface area contributed by atoms with Gasteiger partial charge in [-0.25, -0.2) is 0 Å². The summed E-state index contributed by atoms with van der Waals surface area (Å²) < 4.78 is 5.35. The topological polar surface area (TPSA) is 138 Å². The summed E-state index contributed by atoms with van der Waals surface area (Å²) in [6, 6.07) is 23.4. The number of aliphatic carboxylic acids is 1. The Kier molecular flexibility index (Phi) is 8.76. The number of aromatic hydroxyl groups is 1. The van der Waals surface area contributed by atoms with E-state index in [1.807, 2.05) is 66.7 Å². The number of imide groups is 1. The lowest BCUT2D eigenvalue weighted by molar-refractivity contribution is -0.141. The van der Waals surface area contributed by atoms with Gasteiger partial charge in [-0.3, -0.25) is 28.9 Å². The van der Waals surface area contributed by atoms with E-state index in [4.69, 9.17) is 9.84 Å². The van der Waals surface area contributed by atoms with Crippen molar-refractivity contribution in [3.8, 4) is 11.5 Å². The van der Waals surface area contributed by atoms with Crippen LogP contribution in [0.4, 0.5) is 0 Å². The number of hydrogen-bond acceptors (Lipinski definition) is 7. The molecule has 256 valence electrons. The summed E-state index contributed by atoms with van der Waals surface area (Å²) >= 11 is 0. The molecule has 2 N–H and O–H groups in total. The van der Waals surface area contributed by atoms with Crippen molar-refractivity contribution in [1.82, 2.24) is 4.90 Å². The number of hydrogen-bond donors (Lipinski definition) is 2. The van der Waals surface area contributed by atoms with Gasteiger partial charge in [-0.05, 0) is 66.5 Å². The molecule has 1 aliphatic heterocycles. The number of methoxy groups -OCH3 is 1. The maximum absolute atomic E-state index is 15.0. The van der Waals surface area contributed by atoms with E-state index in [0.29, 0.717) is 47.9 Å². The van der Waals surface area contributed by atoms with Gasteiger partial charge >= 0.3 is 5.97 Å². The standard InChI is InChI=1S/C41H39NO8/c1-50-33-19-16-25(21-32(33)43)37-27-17-18-28-36(40(49)42(39(28)48)20-10-4-9-15-35(45)46)30(27)22-31-38(47)29(24-11-5-2-6-12-24)23-34(44)41(31,37)26-13-7-3-8-14-26/h2-3,5-8,11-14,16-17,19,21,23,28,30-31,36-37,43H,4,9-10,15,18,20,22H2,1H3,(H,45,46). The molecule has 3 aromatic carbocycles. The summed E-state index contributed by atoms with van der Waals surface area (Å²) in [5.74, 6) is -5.12. The number of unbranched alkanes of at least 4 members (excludes halogenated alkanes) is 2. The number of phenolic OH excluding ortho intramolecular Hbond substituents is 1. The molecule has 1 heterocycles. The van der Waals surface area contributed by atoms with Gasteiger partial charge in [0.1, 0.15) is 0 Å². The van der Waals surface area contributed by atoms with E-state index in [-0.39, 0.29) is 54.3 Å². The number of allylic oxidation sites excluding steroid dienone is 4. The molecule has 1 saturated carbocycles. The monoisotopic (exact) mass is 673 g/mol. The molecule has 3 aromatic rings. The van der Waals surface area contributed by atoms with Crippen LogP contribution >= 0.6 is 0 Å². The van der Waals surface area contributed by atoms with Crippen molar-refractivity contribution in [2.45, 2.75) is 49.9 Å². The quantitative estimate of drug-likeness (QED) is 0.155. The first-order valence-electron chi connectivity index (χ1n) is 17.2. The number of carboxylic acids is 1. The lowest BCUT2D eigenvalue weighted by Crippen LogP contribution is -2.58. The van der Waals surface area contributed by atoms with Gasteiger partial charge in [0.15, 0.2) is 23.1 Å². The Morgan fingerprint density at radius 1 is 0.900 bits per heavy atom. The lowest BCUT2D eigenvalue weighted by atomic mass is 9.44. The van der Waals surface area contributed by atoms with Crippen LogP contribution < -0.4 is 4.74 Å². The van der Waals surface area contributed by atoms with Crippen LogP contribution in [0.2, 0.25) is 0 Å². The third-order valence-electron chi connectivity index (χ3n) is 11.3. The van der Waals surface area contributed by atoms with Crippen molar-refractivity contribution in [3.63, 3.8) is 0 Å². The van der Waals surface area contributed by atoms with Gasteiger partial charge in [0.25, 0.3) is 0 Å². The minimum atomic E-state index is -1.39. The van der Waals surface area contributed by atoms with E-state index >= 15 is 4.79 Å². The average Bonchev–Trinajstić information content (AvgIpc) is 3.37. The largest absolute Gasteiger partial charge is 0.504 e. The molecule has 50 heavy (non-hydrogen) atoms. The molecule has 4 aliphatic rings. The molecule has 1 saturated heterocycles. The number of ether oxygens (including phenoxy) is 1. The Bertz CT molecular complexity index is 1930.